The number of carbonyl (C=O) groups is 1. The summed E-state index contributed by atoms with van der Waals surface area (Å²) in [5.74, 6) is -0.345. The first-order valence-corrected chi connectivity index (χ1v) is 9.21. The molecule has 1 N–H and O–H groups in total. The van der Waals surface area contributed by atoms with E-state index in [1.807, 2.05) is 29.2 Å². The number of carbonyl (C=O) groups excluding carboxylic acids is 1. The van der Waals surface area contributed by atoms with Gasteiger partial charge >= 0.3 is 0 Å². The molecule has 6 heteroatoms. The lowest BCUT2D eigenvalue weighted by atomic mass is 9.86. The Morgan fingerprint density at radius 2 is 1.78 bits per heavy atom. The molecule has 2 aromatic rings. The fraction of sp³-hybridized carbons (Fsp3) is 0.381. The maximum absolute atomic E-state index is 12.8. The average Bonchev–Trinajstić information content (AvgIpc) is 3.15. The number of anilines is 2. The summed E-state index contributed by atoms with van der Waals surface area (Å²) in [6, 6.07) is 12.4. The molecular formula is C21H25N3O3. The molecule has 0 atom stereocenters. The molecule has 6 nitrogen and oxygen atoms in total. The van der Waals surface area contributed by atoms with Crippen molar-refractivity contribution in [3.63, 3.8) is 0 Å². The number of amides is 1. The molecule has 1 fully saturated rings. The average molecular weight is 367 g/mol. The highest BCUT2D eigenvalue weighted by atomic mass is 16.6. The van der Waals surface area contributed by atoms with E-state index in [0.29, 0.717) is 5.69 Å². The Morgan fingerprint density at radius 1 is 1.11 bits per heavy atom. The summed E-state index contributed by atoms with van der Waals surface area (Å²) in [7, 11) is 0. The molecule has 1 saturated heterocycles. The number of hydrogen-bond donors (Lipinski definition) is 1. The van der Waals surface area contributed by atoms with E-state index in [2.05, 4.69) is 26.1 Å². The smallest absolute Gasteiger partial charge is 0.293 e. The fourth-order valence-electron chi connectivity index (χ4n) is 3.48. The molecule has 0 bridgehead atoms. The van der Waals surface area contributed by atoms with Crippen LogP contribution in [0, 0.1) is 10.1 Å². The van der Waals surface area contributed by atoms with E-state index < -0.39 is 4.92 Å². The summed E-state index contributed by atoms with van der Waals surface area (Å²) in [5.41, 5.74) is 2.46. The van der Waals surface area contributed by atoms with E-state index in [1.165, 1.54) is 6.07 Å². The first-order valence-electron chi connectivity index (χ1n) is 9.21. The van der Waals surface area contributed by atoms with Crippen LogP contribution >= 0.6 is 0 Å². The summed E-state index contributed by atoms with van der Waals surface area (Å²) in [6.45, 7) is 7.85. The Labute approximate surface area is 159 Å². The van der Waals surface area contributed by atoms with E-state index in [1.54, 1.807) is 12.1 Å². The second kappa shape index (κ2) is 7.39. The van der Waals surface area contributed by atoms with Crippen LogP contribution in [0.3, 0.4) is 0 Å². The highest BCUT2D eigenvalue weighted by Gasteiger charge is 2.24. The van der Waals surface area contributed by atoms with Crippen molar-refractivity contribution in [1.82, 2.24) is 0 Å². The number of hydrogen-bond acceptors (Lipinski definition) is 4. The Bertz CT molecular complexity index is 865. The van der Waals surface area contributed by atoms with Gasteiger partial charge in [-0.1, -0.05) is 39.0 Å². The minimum atomic E-state index is -0.409. The molecule has 1 heterocycles. The summed E-state index contributed by atoms with van der Waals surface area (Å²) in [4.78, 5) is 25.9. The highest BCUT2D eigenvalue weighted by molar-refractivity contribution is 6.05. The van der Waals surface area contributed by atoms with Crippen molar-refractivity contribution >= 4 is 23.0 Å². The molecule has 1 amide bonds. The zero-order valence-corrected chi connectivity index (χ0v) is 16.0. The maximum atomic E-state index is 12.8. The lowest BCUT2D eigenvalue weighted by Gasteiger charge is -2.23. The minimum absolute atomic E-state index is 0.0198. The van der Waals surface area contributed by atoms with E-state index in [-0.39, 0.29) is 22.6 Å². The normalized spacial score (nSPS) is 14.3. The van der Waals surface area contributed by atoms with Gasteiger partial charge in [0.25, 0.3) is 11.6 Å². The van der Waals surface area contributed by atoms with E-state index in [0.717, 1.165) is 37.2 Å². The van der Waals surface area contributed by atoms with E-state index in [4.69, 9.17) is 0 Å². The van der Waals surface area contributed by atoms with E-state index >= 15 is 0 Å². The van der Waals surface area contributed by atoms with E-state index in [9.17, 15) is 14.9 Å². The third-order valence-electron chi connectivity index (χ3n) is 4.86. The first-order chi connectivity index (χ1) is 12.8. The predicted octanol–water partition coefficient (Wildman–Crippen LogP) is 4.74. The highest BCUT2D eigenvalue weighted by Crippen LogP contribution is 2.33. The van der Waals surface area contributed by atoms with Crippen molar-refractivity contribution in [2.24, 2.45) is 0 Å². The number of nitro benzene ring substituents is 1. The van der Waals surface area contributed by atoms with Gasteiger partial charge in [-0.05, 0) is 42.0 Å². The van der Waals surface area contributed by atoms with Crippen molar-refractivity contribution in [2.45, 2.75) is 39.0 Å². The number of nitrogens with zero attached hydrogens (tertiary/aromatic N) is 2. The number of para-hydroxylation sites is 1. The van der Waals surface area contributed by atoms with Gasteiger partial charge in [-0.25, -0.2) is 0 Å². The van der Waals surface area contributed by atoms with Crippen LogP contribution < -0.4 is 10.2 Å². The third-order valence-corrected chi connectivity index (χ3v) is 4.86. The molecule has 0 spiro atoms. The zero-order valence-electron chi connectivity index (χ0n) is 16.0. The number of nitrogens with one attached hydrogen (secondary N) is 1. The van der Waals surface area contributed by atoms with Crippen LogP contribution in [-0.2, 0) is 5.41 Å². The van der Waals surface area contributed by atoms with Crippen molar-refractivity contribution in [3.05, 3.63) is 63.7 Å². The number of benzene rings is 2. The molecule has 142 valence electrons. The molecule has 0 radical (unpaired) electrons. The van der Waals surface area contributed by atoms with Gasteiger partial charge in [-0.15, -0.1) is 0 Å². The van der Waals surface area contributed by atoms with Crippen molar-refractivity contribution in [1.29, 1.82) is 0 Å². The van der Waals surface area contributed by atoms with Crippen molar-refractivity contribution < 1.29 is 9.72 Å². The summed E-state index contributed by atoms with van der Waals surface area (Å²) in [6.07, 6.45) is 2.06. The Kier molecular flexibility index (Phi) is 5.17. The quantitative estimate of drug-likeness (QED) is 0.625. The summed E-state index contributed by atoms with van der Waals surface area (Å²) in [5, 5.41) is 14.5. The van der Waals surface area contributed by atoms with Crippen LogP contribution in [0.5, 0.6) is 0 Å². The zero-order chi connectivity index (χ0) is 19.6. The van der Waals surface area contributed by atoms with Crippen LogP contribution in [0.4, 0.5) is 17.1 Å². The number of rotatable bonds is 4. The molecule has 1 aliphatic rings. The SMILES string of the molecule is CC(C)(C)c1ccccc1NC(=O)c1ccc(N2CCCC2)c([N+](=O)[O-])c1. The summed E-state index contributed by atoms with van der Waals surface area (Å²) < 4.78 is 0. The predicted molar refractivity (Wildman–Crippen MR) is 108 cm³/mol. The second-order valence-corrected chi connectivity index (χ2v) is 7.90. The standard InChI is InChI=1S/C21H25N3O3/c1-21(2,3)16-8-4-5-9-17(16)22-20(25)15-10-11-18(19(14-15)24(26)27)23-12-6-7-13-23/h4-5,8-11,14H,6-7,12-13H2,1-3H3,(H,22,25). The molecule has 27 heavy (non-hydrogen) atoms. The van der Waals surface area contributed by atoms with Gasteiger partial charge in [0, 0.05) is 30.4 Å². The largest absolute Gasteiger partial charge is 0.366 e. The second-order valence-electron chi connectivity index (χ2n) is 7.90. The summed E-state index contributed by atoms with van der Waals surface area (Å²) >= 11 is 0. The first kappa shape index (κ1) is 18.9. The van der Waals surface area contributed by atoms with Gasteiger partial charge < -0.3 is 10.2 Å². The van der Waals surface area contributed by atoms with Crippen LogP contribution in [0.25, 0.3) is 0 Å². The van der Waals surface area contributed by atoms with Gasteiger partial charge in [-0.3, -0.25) is 14.9 Å². The lowest BCUT2D eigenvalue weighted by Crippen LogP contribution is -2.20. The van der Waals surface area contributed by atoms with Crippen LogP contribution in [-0.4, -0.2) is 23.9 Å². The Hall–Kier alpha value is -2.89. The monoisotopic (exact) mass is 367 g/mol. The number of nitro groups is 1. The van der Waals surface area contributed by atoms with Crippen LogP contribution in [0.2, 0.25) is 0 Å². The maximum Gasteiger partial charge on any atom is 0.293 e. The Balaban J connectivity index is 1.90. The fourth-order valence-corrected chi connectivity index (χ4v) is 3.48. The molecule has 0 unspecified atom stereocenters. The molecule has 0 aromatic heterocycles. The molecule has 0 aliphatic carbocycles. The topological polar surface area (TPSA) is 75.5 Å². The van der Waals surface area contributed by atoms with Gasteiger partial charge in [0.2, 0.25) is 0 Å². The molecule has 0 saturated carbocycles. The van der Waals surface area contributed by atoms with Crippen LogP contribution in [0.15, 0.2) is 42.5 Å². The van der Waals surface area contributed by atoms with Crippen LogP contribution in [0.1, 0.15) is 49.5 Å². The van der Waals surface area contributed by atoms with Crippen molar-refractivity contribution in [2.75, 3.05) is 23.3 Å². The molecular weight excluding hydrogens is 342 g/mol. The van der Waals surface area contributed by atoms with Gasteiger partial charge in [0.15, 0.2) is 0 Å². The van der Waals surface area contributed by atoms with Gasteiger partial charge in [0.05, 0.1) is 4.92 Å². The molecule has 2 aromatic carbocycles. The van der Waals surface area contributed by atoms with Gasteiger partial charge in [-0.2, -0.15) is 0 Å². The molecule has 3 rings (SSSR count). The Morgan fingerprint density at radius 3 is 2.41 bits per heavy atom. The van der Waals surface area contributed by atoms with Gasteiger partial charge in [0.1, 0.15) is 5.69 Å². The molecule has 1 aliphatic heterocycles. The minimum Gasteiger partial charge on any atom is -0.366 e. The third kappa shape index (κ3) is 4.10. The lowest BCUT2D eigenvalue weighted by molar-refractivity contribution is -0.384. The van der Waals surface area contributed by atoms with Crippen molar-refractivity contribution in [3.8, 4) is 0 Å².